The minimum atomic E-state index is 0.460. The molecule has 0 saturated heterocycles. The molecular weight excluding hydrogens is 162 g/mol. The van der Waals surface area contributed by atoms with E-state index in [-0.39, 0.29) is 0 Å². The number of hydrogen-bond donors (Lipinski definition) is 1. The van der Waals surface area contributed by atoms with Crippen LogP contribution in [0.25, 0.3) is 0 Å². The molecule has 0 aliphatic carbocycles. The molecule has 2 nitrogen and oxygen atoms in total. The van der Waals surface area contributed by atoms with Crippen LogP contribution in [0.15, 0.2) is 0 Å². The van der Waals surface area contributed by atoms with Gasteiger partial charge in [0.1, 0.15) is 6.29 Å². The highest BCUT2D eigenvalue weighted by Crippen LogP contribution is 2.21. The van der Waals surface area contributed by atoms with Gasteiger partial charge in [-0.2, -0.15) is 0 Å². The normalized spacial score (nSPS) is 10.2. The molecule has 2 heteroatoms. The third-order valence-electron chi connectivity index (χ3n) is 1.75. The Morgan fingerprint density at radius 1 is 1.08 bits per heavy atom. The van der Waals surface area contributed by atoms with E-state index in [2.05, 4.69) is 26.5 Å². The lowest BCUT2D eigenvalue weighted by atomic mass is 9.89. The lowest BCUT2D eigenvalue weighted by Crippen LogP contribution is -2.03. The average Bonchev–Trinajstić information content (AvgIpc) is 2.06. The molecule has 0 spiro atoms. The van der Waals surface area contributed by atoms with Crippen molar-refractivity contribution in [2.75, 3.05) is 7.05 Å². The third kappa shape index (κ3) is 18.5. The average molecular weight is 187 g/mol. The van der Waals surface area contributed by atoms with E-state index in [4.69, 9.17) is 0 Å². The van der Waals surface area contributed by atoms with E-state index in [1.807, 2.05) is 0 Å². The van der Waals surface area contributed by atoms with Gasteiger partial charge in [0.25, 0.3) is 0 Å². The molecule has 0 radical (unpaired) electrons. The van der Waals surface area contributed by atoms with Gasteiger partial charge in [-0.1, -0.05) is 33.6 Å². The summed E-state index contributed by atoms with van der Waals surface area (Å²) in [6.45, 7) is 6.77. The van der Waals surface area contributed by atoms with Gasteiger partial charge in [0.05, 0.1) is 0 Å². The van der Waals surface area contributed by atoms with Gasteiger partial charge >= 0.3 is 0 Å². The first-order chi connectivity index (χ1) is 6.06. The molecule has 0 heterocycles. The third-order valence-corrected chi connectivity index (χ3v) is 1.75. The molecule has 0 saturated carbocycles. The van der Waals surface area contributed by atoms with E-state index in [0.29, 0.717) is 5.41 Å². The van der Waals surface area contributed by atoms with E-state index < -0.39 is 0 Å². The molecule has 13 heavy (non-hydrogen) atoms. The number of aldehydes is 1. The van der Waals surface area contributed by atoms with Crippen molar-refractivity contribution in [3.05, 3.63) is 0 Å². The van der Waals surface area contributed by atoms with Crippen LogP contribution in [0.2, 0.25) is 0 Å². The van der Waals surface area contributed by atoms with Crippen molar-refractivity contribution in [1.82, 2.24) is 0 Å². The van der Waals surface area contributed by atoms with E-state index in [9.17, 15) is 4.79 Å². The maximum atomic E-state index is 9.96. The number of hydrogen-bond acceptors (Lipinski definition) is 2. The van der Waals surface area contributed by atoms with Gasteiger partial charge in [0, 0.05) is 6.42 Å². The van der Waals surface area contributed by atoms with Crippen LogP contribution in [-0.2, 0) is 4.79 Å². The second kappa shape index (κ2) is 9.72. The summed E-state index contributed by atoms with van der Waals surface area (Å²) in [6, 6.07) is 0. The van der Waals surface area contributed by atoms with E-state index in [1.54, 1.807) is 0 Å². The molecule has 80 valence electrons. The predicted octanol–water partition coefficient (Wildman–Crippen LogP) is 2.76. The largest absolute Gasteiger partial charge is 0.333 e. The Morgan fingerprint density at radius 3 is 2.00 bits per heavy atom. The SMILES string of the molecule is CC(C)(C)CCCCCC=O.CN. The van der Waals surface area contributed by atoms with Crippen molar-refractivity contribution >= 4 is 6.29 Å². The number of carbonyl (C=O) groups is 1. The van der Waals surface area contributed by atoms with Crippen molar-refractivity contribution in [3.8, 4) is 0 Å². The second-order valence-corrected chi connectivity index (χ2v) is 4.33. The Kier molecular flexibility index (Phi) is 11.3. The summed E-state index contributed by atoms with van der Waals surface area (Å²) < 4.78 is 0. The highest BCUT2D eigenvalue weighted by atomic mass is 16.1. The Bertz CT molecular complexity index is 105. The van der Waals surface area contributed by atoms with Gasteiger partial charge in [-0.05, 0) is 25.3 Å². The molecule has 0 unspecified atom stereocenters. The molecule has 0 aromatic heterocycles. The van der Waals surface area contributed by atoms with Crippen molar-refractivity contribution < 1.29 is 4.79 Å². The lowest BCUT2D eigenvalue weighted by Gasteiger charge is -2.17. The molecule has 0 aliphatic heterocycles. The van der Waals surface area contributed by atoms with Crippen LogP contribution in [0, 0.1) is 5.41 Å². The standard InChI is InChI=1S/C10H20O.CH5N/c1-10(2,3)8-6-4-5-7-9-11;1-2/h9H,4-8H2,1-3H3;2H2,1H3. The molecule has 0 amide bonds. The van der Waals surface area contributed by atoms with Crippen molar-refractivity contribution in [1.29, 1.82) is 0 Å². The summed E-state index contributed by atoms with van der Waals surface area (Å²) in [5.41, 5.74) is 4.96. The zero-order valence-corrected chi connectivity index (χ0v) is 9.60. The van der Waals surface area contributed by atoms with E-state index >= 15 is 0 Å². The van der Waals surface area contributed by atoms with Crippen molar-refractivity contribution in [3.63, 3.8) is 0 Å². The number of rotatable bonds is 5. The lowest BCUT2D eigenvalue weighted by molar-refractivity contribution is -0.107. The van der Waals surface area contributed by atoms with Crippen LogP contribution in [0.4, 0.5) is 0 Å². The summed E-state index contributed by atoms with van der Waals surface area (Å²) in [6.07, 6.45) is 6.56. The first-order valence-corrected chi connectivity index (χ1v) is 5.07. The summed E-state index contributed by atoms with van der Waals surface area (Å²) in [5.74, 6) is 0. The van der Waals surface area contributed by atoms with Crippen LogP contribution >= 0.6 is 0 Å². The Balaban J connectivity index is 0. The zero-order valence-electron chi connectivity index (χ0n) is 9.60. The minimum Gasteiger partial charge on any atom is -0.333 e. The van der Waals surface area contributed by atoms with Gasteiger partial charge in [-0.15, -0.1) is 0 Å². The fraction of sp³-hybridized carbons (Fsp3) is 0.909. The molecule has 0 rings (SSSR count). The van der Waals surface area contributed by atoms with Gasteiger partial charge in [-0.3, -0.25) is 0 Å². The van der Waals surface area contributed by atoms with Crippen LogP contribution in [0.5, 0.6) is 0 Å². The minimum absolute atomic E-state index is 0.460. The van der Waals surface area contributed by atoms with Crippen molar-refractivity contribution in [2.45, 2.75) is 52.9 Å². The molecule has 0 aromatic rings. The maximum Gasteiger partial charge on any atom is 0.119 e. The fourth-order valence-corrected chi connectivity index (χ4v) is 1.06. The first kappa shape index (κ1) is 15.1. The molecular formula is C11H25NO. The van der Waals surface area contributed by atoms with Gasteiger partial charge < -0.3 is 10.5 Å². The summed E-state index contributed by atoms with van der Waals surface area (Å²) in [4.78, 5) is 9.96. The van der Waals surface area contributed by atoms with Gasteiger partial charge in [0.2, 0.25) is 0 Å². The molecule has 0 fully saturated rings. The number of unbranched alkanes of at least 4 members (excludes halogenated alkanes) is 3. The second-order valence-electron chi connectivity index (χ2n) is 4.33. The molecule has 0 bridgehead atoms. The quantitative estimate of drug-likeness (QED) is 0.531. The van der Waals surface area contributed by atoms with E-state index in [0.717, 1.165) is 19.1 Å². The summed E-state index contributed by atoms with van der Waals surface area (Å²) >= 11 is 0. The topological polar surface area (TPSA) is 43.1 Å². The van der Waals surface area contributed by atoms with Gasteiger partial charge in [-0.25, -0.2) is 0 Å². The summed E-state index contributed by atoms with van der Waals surface area (Å²) in [7, 11) is 1.50. The van der Waals surface area contributed by atoms with Crippen LogP contribution in [-0.4, -0.2) is 13.3 Å². The summed E-state index contributed by atoms with van der Waals surface area (Å²) in [5, 5.41) is 0. The number of carbonyl (C=O) groups excluding carboxylic acids is 1. The Morgan fingerprint density at radius 2 is 1.62 bits per heavy atom. The highest BCUT2D eigenvalue weighted by Gasteiger charge is 2.08. The Labute approximate surface area is 82.9 Å². The molecule has 2 N–H and O–H groups in total. The van der Waals surface area contributed by atoms with Crippen LogP contribution in [0.1, 0.15) is 52.9 Å². The van der Waals surface area contributed by atoms with Crippen LogP contribution < -0.4 is 5.73 Å². The van der Waals surface area contributed by atoms with Gasteiger partial charge in [0.15, 0.2) is 0 Å². The highest BCUT2D eigenvalue weighted by molar-refractivity contribution is 5.48. The monoisotopic (exact) mass is 187 g/mol. The van der Waals surface area contributed by atoms with Crippen molar-refractivity contribution in [2.24, 2.45) is 11.1 Å². The predicted molar refractivity (Wildman–Crippen MR) is 58.7 cm³/mol. The van der Waals surface area contributed by atoms with E-state index in [1.165, 1.54) is 26.3 Å². The molecule has 0 aliphatic rings. The smallest absolute Gasteiger partial charge is 0.119 e. The molecule has 0 atom stereocenters. The van der Waals surface area contributed by atoms with Crippen LogP contribution in [0.3, 0.4) is 0 Å². The fourth-order valence-electron chi connectivity index (χ4n) is 1.06. The number of nitrogens with two attached hydrogens (primary N) is 1. The Hall–Kier alpha value is -0.370. The zero-order chi connectivity index (χ0) is 10.7. The first-order valence-electron chi connectivity index (χ1n) is 5.07. The maximum absolute atomic E-state index is 9.96. The molecule has 0 aromatic carbocycles.